The molecule has 2 aromatic rings. The van der Waals surface area contributed by atoms with Gasteiger partial charge in [-0.2, -0.15) is 5.26 Å². The maximum absolute atomic E-state index is 13.4. The van der Waals surface area contributed by atoms with Crippen LogP contribution >= 0.6 is 0 Å². The SMILES string of the molecule is COc1cc(CNc2ccc(C#N)c(F)c2)ccn1. The summed E-state index contributed by atoms with van der Waals surface area (Å²) in [5.41, 5.74) is 1.63. The highest BCUT2D eigenvalue weighted by molar-refractivity contribution is 5.48. The third kappa shape index (κ3) is 3.19. The molecule has 4 nitrogen and oxygen atoms in total. The number of pyridine rings is 1. The van der Waals surface area contributed by atoms with Crippen molar-refractivity contribution in [2.45, 2.75) is 6.54 Å². The summed E-state index contributed by atoms with van der Waals surface area (Å²) in [4.78, 5) is 4.00. The van der Waals surface area contributed by atoms with E-state index in [1.807, 2.05) is 6.07 Å². The van der Waals surface area contributed by atoms with Crippen molar-refractivity contribution in [3.8, 4) is 11.9 Å². The van der Waals surface area contributed by atoms with Gasteiger partial charge in [0.1, 0.15) is 11.9 Å². The van der Waals surface area contributed by atoms with Gasteiger partial charge < -0.3 is 10.1 Å². The summed E-state index contributed by atoms with van der Waals surface area (Å²) >= 11 is 0. The van der Waals surface area contributed by atoms with E-state index in [0.29, 0.717) is 18.1 Å². The number of nitrogens with one attached hydrogen (secondary N) is 1. The van der Waals surface area contributed by atoms with E-state index >= 15 is 0 Å². The molecular formula is C14H12FN3O. The molecule has 0 amide bonds. The topological polar surface area (TPSA) is 57.9 Å². The first-order chi connectivity index (χ1) is 9.22. The molecule has 0 aliphatic rings. The van der Waals surface area contributed by atoms with E-state index in [2.05, 4.69) is 10.3 Å². The lowest BCUT2D eigenvalue weighted by Gasteiger charge is -2.08. The van der Waals surface area contributed by atoms with Crippen LogP contribution in [0, 0.1) is 17.1 Å². The normalized spacial score (nSPS) is 9.74. The Morgan fingerprint density at radius 1 is 1.37 bits per heavy atom. The first-order valence-electron chi connectivity index (χ1n) is 5.65. The molecule has 0 unspecified atom stereocenters. The summed E-state index contributed by atoms with van der Waals surface area (Å²) in [6.45, 7) is 0.518. The van der Waals surface area contributed by atoms with Gasteiger partial charge in [-0.25, -0.2) is 9.37 Å². The number of rotatable bonds is 4. The van der Waals surface area contributed by atoms with E-state index in [1.165, 1.54) is 12.1 Å². The van der Waals surface area contributed by atoms with Gasteiger partial charge in [0.15, 0.2) is 0 Å². The van der Waals surface area contributed by atoms with E-state index in [4.69, 9.17) is 10.00 Å². The summed E-state index contributed by atoms with van der Waals surface area (Å²) in [7, 11) is 1.55. The highest BCUT2D eigenvalue weighted by Gasteiger charge is 2.03. The van der Waals surface area contributed by atoms with Gasteiger partial charge in [0.05, 0.1) is 12.7 Å². The lowest BCUT2D eigenvalue weighted by molar-refractivity contribution is 0.397. The molecule has 1 aromatic carbocycles. The minimum atomic E-state index is -0.528. The molecule has 0 radical (unpaired) electrons. The van der Waals surface area contributed by atoms with Crippen LogP contribution in [0.4, 0.5) is 10.1 Å². The predicted molar refractivity (Wildman–Crippen MR) is 69.2 cm³/mol. The molecule has 5 heteroatoms. The zero-order valence-corrected chi connectivity index (χ0v) is 10.4. The zero-order chi connectivity index (χ0) is 13.7. The Hall–Kier alpha value is -2.61. The maximum Gasteiger partial charge on any atom is 0.213 e. The molecule has 1 N–H and O–H groups in total. The molecule has 96 valence electrons. The van der Waals surface area contributed by atoms with Crippen molar-refractivity contribution in [1.82, 2.24) is 4.98 Å². The Morgan fingerprint density at radius 2 is 2.21 bits per heavy atom. The first kappa shape index (κ1) is 12.8. The lowest BCUT2D eigenvalue weighted by Crippen LogP contribution is -2.01. The molecule has 19 heavy (non-hydrogen) atoms. The smallest absolute Gasteiger partial charge is 0.213 e. The molecule has 0 aliphatic heterocycles. The summed E-state index contributed by atoms with van der Waals surface area (Å²) in [6, 6.07) is 9.84. The van der Waals surface area contributed by atoms with Gasteiger partial charge in [0, 0.05) is 24.5 Å². The molecule has 0 fully saturated rings. The van der Waals surface area contributed by atoms with Crippen LogP contribution in [0.5, 0.6) is 5.88 Å². The van der Waals surface area contributed by atoms with Crippen LogP contribution < -0.4 is 10.1 Å². The van der Waals surface area contributed by atoms with Crippen LogP contribution in [0.2, 0.25) is 0 Å². The molecule has 1 heterocycles. The van der Waals surface area contributed by atoms with Crippen molar-refractivity contribution in [3.05, 3.63) is 53.5 Å². The van der Waals surface area contributed by atoms with Crippen LogP contribution in [0.1, 0.15) is 11.1 Å². The van der Waals surface area contributed by atoms with Crippen LogP contribution in [0.3, 0.4) is 0 Å². The quantitative estimate of drug-likeness (QED) is 0.914. The molecule has 2 rings (SSSR count). The van der Waals surface area contributed by atoms with Crippen LogP contribution in [0.25, 0.3) is 0 Å². The van der Waals surface area contributed by atoms with Crippen LogP contribution in [-0.2, 0) is 6.54 Å². The second-order valence-electron chi connectivity index (χ2n) is 3.87. The summed E-state index contributed by atoms with van der Waals surface area (Å²) in [6.07, 6.45) is 1.65. The molecule has 0 bridgehead atoms. The minimum Gasteiger partial charge on any atom is -0.481 e. The zero-order valence-electron chi connectivity index (χ0n) is 10.4. The Kier molecular flexibility index (Phi) is 3.94. The molecule has 1 aromatic heterocycles. The number of anilines is 1. The van der Waals surface area contributed by atoms with Gasteiger partial charge in [-0.3, -0.25) is 0 Å². The Morgan fingerprint density at radius 3 is 2.89 bits per heavy atom. The summed E-state index contributed by atoms with van der Waals surface area (Å²) in [5, 5.41) is 11.7. The molecular weight excluding hydrogens is 245 g/mol. The van der Waals surface area contributed by atoms with Crippen molar-refractivity contribution in [3.63, 3.8) is 0 Å². The average molecular weight is 257 g/mol. The fraction of sp³-hybridized carbons (Fsp3) is 0.143. The van der Waals surface area contributed by atoms with Crippen molar-refractivity contribution >= 4 is 5.69 Å². The third-order valence-corrected chi connectivity index (χ3v) is 2.59. The highest BCUT2D eigenvalue weighted by Crippen LogP contribution is 2.15. The number of halogens is 1. The average Bonchev–Trinajstić information content (AvgIpc) is 2.45. The monoisotopic (exact) mass is 257 g/mol. The van der Waals surface area contributed by atoms with Crippen molar-refractivity contribution in [2.24, 2.45) is 0 Å². The maximum atomic E-state index is 13.4. The van der Waals surface area contributed by atoms with E-state index in [9.17, 15) is 4.39 Å². The number of aromatic nitrogens is 1. The standard InChI is InChI=1S/C14H12FN3O/c1-19-14-6-10(4-5-17-14)9-18-12-3-2-11(8-16)13(15)7-12/h2-7,18H,9H2,1H3. The van der Waals surface area contributed by atoms with E-state index in [-0.39, 0.29) is 5.56 Å². The third-order valence-electron chi connectivity index (χ3n) is 2.59. The Labute approximate surface area is 110 Å². The van der Waals surface area contributed by atoms with Gasteiger partial charge in [-0.05, 0) is 29.8 Å². The van der Waals surface area contributed by atoms with Crippen molar-refractivity contribution in [2.75, 3.05) is 12.4 Å². The minimum absolute atomic E-state index is 0.0381. The Bertz CT molecular complexity index is 622. The first-order valence-corrected chi connectivity index (χ1v) is 5.65. The fourth-order valence-corrected chi connectivity index (χ4v) is 1.59. The van der Waals surface area contributed by atoms with E-state index < -0.39 is 5.82 Å². The molecule has 0 aliphatic carbocycles. The van der Waals surface area contributed by atoms with Crippen molar-refractivity contribution in [1.29, 1.82) is 5.26 Å². The number of nitriles is 1. The van der Waals surface area contributed by atoms with Crippen LogP contribution in [0.15, 0.2) is 36.5 Å². The van der Waals surface area contributed by atoms with E-state index in [1.54, 1.807) is 31.5 Å². The van der Waals surface area contributed by atoms with Gasteiger partial charge in [0.2, 0.25) is 5.88 Å². The molecule has 0 atom stereocenters. The lowest BCUT2D eigenvalue weighted by atomic mass is 10.2. The van der Waals surface area contributed by atoms with Crippen LogP contribution in [-0.4, -0.2) is 12.1 Å². The van der Waals surface area contributed by atoms with Gasteiger partial charge in [0.25, 0.3) is 0 Å². The number of nitrogens with zero attached hydrogens (tertiary/aromatic N) is 2. The number of hydrogen-bond donors (Lipinski definition) is 1. The Balaban J connectivity index is 2.06. The number of methoxy groups -OCH3 is 1. The predicted octanol–water partition coefficient (Wildman–Crippen LogP) is 2.71. The second kappa shape index (κ2) is 5.83. The van der Waals surface area contributed by atoms with Gasteiger partial charge in [-0.15, -0.1) is 0 Å². The largest absolute Gasteiger partial charge is 0.481 e. The molecule has 0 spiro atoms. The van der Waals surface area contributed by atoms with Gasteiger partial charge in [-0.1, -0.05) is 0 Å². The van der Waals surface area contributed by atoms with Crippen molar-refractivity contribution < 1.29 is 9.13 Å². The highest BCUT2D eigenvalue weighted by atomic mass is 19.1. The number of ether oxygens (including phenoxy) is 1. The molecule has 0 saturated heterocycles. The number of benzene rings is 1. The summed E-state index contributed by atoms with van der Waals surface area (Å²) < 4.78 is 18.4. The summed E-state index contributed by atoms with van der Waals surface area (Å²) in [5.74, 6) is 0.00474. The number of hydrogen-bond acceptors (Lipinski definition) is 4. The van der Waals surface area contributed by atoms with Gasteiger partial charge >= 0.3 is 0 Å². The second-order valence-corrected chi connectivity index (χ2v) is 3.87. The van der Waals surface area contributed by atoms with E-state index in [0.717, 1.165) is 5.56 Å². The fourth-order valence-electron chi connectivity index (χ4n) is 1.59. The molecule has 0 saturated carbocycles.